The highest BCUT2D eigenvalue weighted by molar-refractivity contribution is 5.94. The Morgan fingerprint density at radius 2 is 1.96 bits per heavy atom. The molecular formula is C20H32O3. The number of fused-ring (bicyclic) bond motifs is 1. The quantitative estimate of drug-likeness (QED) is 0.780. The van der Waals surface area contributed by atoms with Gasteiger partial charge in [-0.1, -0.05) is 45.3 Å². The highest BCUT2D eigenvalue weighted by atomic mass is 16.3. The third-order valence-electron chi connectivity index (χ3n) is 7.12. The molecular weight excluding hydrogens is 288 g/mol. The van der Waals surface area contributed by atoms with Gasteiger partial charge in [-0.3, -0.25) is 4.79 Å². The fraction of sp³-hybridized carbons (Fsp3) is 0.850. The van der Waals surface area contributed by atoms with E-state index in [-0.39, 0.29) is 29.3 Å². The minimum atomic E-state index is -0.397. The fourth-order valence-electron chi connectivity index (χ4n) is 5.70. The molecule has 0 saturated heterocycles. The molecule has 0 bridgehead atoms. The number of hydrogen-bond acceptors (Lipinski definition) is 3. The average Bonchev–Trinajstić information content (AvgIpc) is 2.60. The Hall–Kier alpha value is -0.670. The molecule has 3 rings (SSSR count). The molecule has 0 amide bonds. The maximum atomic E-state index is 12.4. The van der Waals surface area contributed by atoms with Crippen molar-refractivity contribution in [3.8, 4) is 0 Å². The molecule has 0 spiro atoms. The summed E-state index contributed by atoms with van der Waals surface area (Å²) in [5.41, 5.74) is -0.205. The molecule has 130 valence electrons. The van der Waals surface area contributed by atoms with E-state index in [0.29, 0.717) is 18.1 Å². The Labute approximate surface area is 140 Å². The summed E-state index contributed by atoms with van der Waals surface area (Å²) in [4.78, 5) is 12.4. The van der Waals surface area contributed by atoms with Crippen molar-refractivity contribution in [2.45, 2.75) is 77.4 Å². The van der Waals surface area contributed by atoms with Crippen molar-refractivity contribution in [2.24, 2.45) is 29.1 Å². The van der Waals surface area contributed by atoms with Gasteiger partial charge in [0.1, 0.15) is 5.78 Å². The summed E-state index contributed by atoms with van der Waals surface area (Å²) >= 11 is 0. The molecule has 3 saturated carbocycles. The van der Waals surface area contributed by atoms with Crippen LogP contribution in [0.5, 0.6) is 0 Å². The summed E-state index contributed by atoms with van der Waals surface area (Å²) in [7, 11) is 0. The molecule has 3 aliphatic rings. The van der Waals surface area contributed by atoms with Crippen LogP contribution in [0.25, 0.3) is 0 Å². The first-order valence-electron chi connectivity index (χ1n) is 9.60. The van der Waals surface area contributed by atoms with E-state index in [2.05, 4.69) is 6.92 Å². The number of aliphatic hydroxyl groups excluding tert-OH is 2. The van der Waals surface area contributed by atoms with E-state index in [1.54, 1.807) is 0 Å². The Balaban J connectivity index is 1.72. The zero-order valence-corrected chi connectivity index (χ0v) is 14.6. The van der Waals surface area contributed by atoms with Gasteiger partial charge in [-0.05, 0) is 43.9 Å². The second-order valence-electron chi connectivity index (χ2n) is 8.15. The van der Waals surface area contributed by atoms with E-state index in [4.69, 9.17) is 0 Å². The summed E-state index contributed by atoms with van der Waals surface area (Å²) in [5, 5.41) is 20.9. The lowest BCUT2D eigenvalue weighted by molar-refractivity contribution is -0.174. The number of rotatable bonds is 4. The second-order valence-corrected chi connectivity index (χ2v) is 8.15. The summed E-state index contributed by atoms with van der Waals surface area (Å²) in [6.45, 7) is 4.11. The van der Waals surface area contributed by atoms with Crippen molar-refractivity contribution in [1.29, 1.82) is 0 Å². The number of Topliss-reactive ketones (excluding diaryl/α,β-unsaturated/α-hetero) is 1. The Kier molecular flexibility index (Phi) is 4.98. The first-order valence-corrected chi connectivity index (χ1v) is 9.60. The molecule has 0 aliphatic heterocycles. The van der Waals surface area contributed by atoms with Gasteiger partial charge in [0.15, 0.2) is 0 Å². The fourth-order valence-corrected chi connectivity index (χ4v) is 5.70. The van der Waals surface area contributed by atoms with Crippen LogP contribution in [0.3, 0.4) is 0 Å². The molecule has 3 nitrogen and oxygen atoms in total. The predicted molar refractivity (Wildman–Crippen MR) is 90.8 cm³/mol. The molecule has 0 aromatic heterocycles. The van der Waals surface area contributed by atoms with Crippen LogP contribution in [-0.2, 0) is 4.79 Å². The molecule has 0 heterocycles. The number of hydrogen-bond donors (Lipinski definition) is 2. The normalized spacial score (nSPS) is 43.2. The third kappa shape index (κ3) is 2.80. The highest BCUT2D eigenvalue weighted by Crippen LogP contribution is 2.60. The lowest BCUT2D eigenvalue weighted by atomic mass is 9.43. The van der Waals surface area contributed by atoms with Gasteiger partial charge in [0.2, 0.25) is 0 Å². The van der Waals surface area contributed by atoms with Gasteiger partial charge in [0.05, 0.1) is 12.2 Å². The molecule has 1 unspecified atom stereocenters. The van der Waals surface area contributed by atoms with Crippen molar-refractivity contribution >= 4 is 5.78 Å². The maximum Gasteiger partial charge on any atom is 0.142 e. The van der Waals surface area contributed by atoms with Gasteiger partial charge in [0.25, 0.3) is 0 Å². The van der Waals surface area contributed by atoms with E-state index >= 15 is 0 Å². The van der Waals surface area contributed by atoms with Gasteiger partial charge in [-0.2, -0.15) is 0 Å². The summed E-state index contributed by atoms with van der Waals surface area (Å²) in [6.07, 6.45) is 11.5. The van der Waals surface area contributed by atoms with Crippen LogP contribution in [0, 0.1) is 29.1 Å². The van der Waals surface area contributed by atoms with Crippen molar-refractivity contribution < 1.29 is 15.0 Å². The molecule has 3 aliphatic carbocycles. The zero-order chi connectivity index (χ0) is 16.6. The third-order valence-corrected chi connectivity index (χ3v) is 7.12. The van der Waals surface area contributed by atoms with Crippen molar-refractivity contribution in [3.63, 3.8) is 0 Å². The van der Waals surface area contributed by atoms with Gasteiger partial charge in [-0.25, -0.2) is 0 Å². The monoisotopic (exact) mass is 320 g/mol. The minimum absolute atomic E-state index is 0.0228. The van der Waals surface area contributed by atoms with Gasteiger partial charge in [-0.15, -0.1) is 0 Å². The lowest BCUT2D eigenvalue weighted by Gasteiger charge is -2.59. The molecule has 2 N–H and O–H groups in total. The van der Waals surface area contributed by atoms with Crippen LogP contribution in [0.4, 0.5) is 0 Å². The second kappa shape index (κ2) is 6.68. The largest absolute Gasteiger partial charge is 0.393 e. The molecule has 3 heteroatoms. The van der Waals surface area contributed by atoms with Gasteiger partial charge < -0.3 is 10.2 Å². The molecule has 6 atom stereocenters. The van der Waals surface area contributed by atoms with E-state index in [1.165, 1.54) is 19.3 Å². The average molecular weight is 320 g/mol. The number of aliphatic hydroxyl groups is 2. The van der Waals surface area contributed by atoms with E-state index < -0.39 is 6.10 Å². The maximum absolute atomic E-state index is 12.4. The topological polar surface area (TPSA) is 57.5 Å². The van der Waals surface area contributed by atoms with Crippen molar-refractivity contribution in [2.75, 3.05) is 0 Å². The molecule has 0 aromatic rings. The van der Waals surface area contributed by atoms with Crippen LogP contribution in [0.2, 0.25) is 0 Å². The van der Waals surface area contributed by atoms with Crippen LogP contribution < -0.4 is 0 Å². The predicted octanol–water partition coefficient (Wildman–Crippen LogP) is 3.49. The Morgan fingerprint density at radius 1 is 1.26 bits per heavy atom. The van der Waals surface area contributed by atoms with E-state index in [0.717, 1.165) is 25.7 Å². The van der Waals surface area contributed by atoms with Crippen LogP contribution >= 0.6 is 0 Å². The summed E-state index contributed by atoms with van der Waals surface area (Å²) in [5.74, 6) is 1.08. The number of ketones is 1. The first-order chi connectivity index (χ1) is 11.0. The standard InChI is InChI=1S/C20H32O3/c1-3-20-12-11-17(22)15(18(20)13(2)19(20)23)9-10-16(21)14-7-5-4-6-8-14/h9-10,13-18,21-22H,3-8,11-12H2,1-2H3/t13?,15-,16+,17+,18+,20-/m1/s1. The van der Waals surface area contributed by atoms with Gasteiger partial charge >= 0.3 is 0 Å². The van der Waals surface area contributed by atoms with E-state index in [1.807, 2.05) is 19.1 Å². The molecule has 23 heavy (non-hydrogen) atoms. The Bertz CT molecular complexity index is 466. The van der Waals surface area contributed by atoms with Crippen LogP contribution in [-0.4, -0.2) is 28.2 Å². The lowest BCUT2D eigenvalue weighted by Crippen LogP contribution is -2.63. The minimum Gasteiger partial charge on any atom is -0.393 e. The molecule has 0 aromatic carbocycles. The van der Waals surface area contributed by atoms with Crippen molar-refractivity contribution in [3.05, 3.63) is 12.2 Å². The number of carbonyl (C=O) groups excluding carboxylic acids is 1. The summed E-state index contributed by atoms with van der Waals surface area (Å²) < 4.78 is 0. The Morgan fingerprint density at radius 3 is 2.61 bits per heavy atom. The van der Waals surface area contributed by atoms with E-state index in [9.17, 15) is 15.0 Å². The molecule has 3 fully saturated rings. The highest BCUT2D eigenvalue weighted by Gasteiger charge is 2.63. The smallest absolute Gasteiger partial charge is 0.142 e. The zero-order valence-electron chi connectivity index (χ0n) is 14.6. The van der Waals surface area contributed by atoms with Crippen LogP contribution in [0.1, 0.15) is 65.2 Å². The first kappa shape index (κ1) is 17.2. The summed E-state index contributed by atoms with van der Waals surface area (Å²) in [6, 6.07) is 0. The van der Waals surface area contributed by atoms with Crippen LogP contribution in [0.15, 0.2) is 12.2 Å². The number of carbonyl (C=O) groups is 1. The molecule has 0 radical (unpaired) electrons. The SMILES string of the molecule is CC[C@@]12CC[C@H](O)[C@@H](C=C[C@H](O)C3CCCCC3)[C@@H]1C(C)C2=O. The van der Waals surface area contributed by atoms with Gasteiger partial charge in [0, 0.05) is 17.3 Å². The van der Waals surface area contributed by atoms with Crippen molar-refractivity contribution in [1.82, 2.24) is 0 Å².